The molecule has 1 N–H and O–H groups in total. The Morgan fingerprint density at radius 2 is 1.67 bits per heavy atom. The molecule has 0 radical (unpaired) electrons. The molecule has 0 amide bonds. The lowest BCUT2D eigenvalue weighted by molar-refractivity contribution is 0.207. The average molecular weight is 244 g/mol. The first-order valence-corrected chi connectivity index (χ1v) is 7.13. The normalized spacial score (nSPS) is 21.6. The van der Waals surface area contributed by atoms with Crippen molar-refractivity contribution < 1.29 is 5.11 Å². The Bertz CT molecular complexity index is 411. The minimum absolute atomic E-state index is 0.399. The lowest BCUT2D eigenvalue weighted by Gasteiger charge is -2.21. The van der Waals surface area contributed by atoms with E-state index >= 15 is 0 Å². The minimum atomic E-state index is -0.399. The van der Waals surface area contributed by atoms with Gasteiger partial charge in [0.1, 0.15) is 6.10 Å². The molecule has 0 aliphatic heterocycles. The van der Waals surface area contributed by atoms with Crippen molar-refractivity contribution in [2.24, 2.45) is 0 Å². The van der Waals surface area contributed by atoms with Crippen LogP contribution in [0.2, 0.25) is 0 Å². The Labute approximate surface area is 111 Å². The van der Waals surface area contributed by atoms with Crippen molar-refractivity contribution in [2.45, 2.75) is 58.5 Å². The van der Waals surface area contributed by atoms with Gasteiger partial charge in [-0.2, -0.15) is 0 Å². The van der Waals surface area contributed by atoms with Crippen LogP contribution in [-0.4, -0.2) is 5.11 Å². The second-order valence-electron chi connectivity index (χ2n) is 5.44. The largest absolute Gasteiger partial charge is 0.384 e. The van der Waals surface area contributed by atoms with Gasteiger partial charge in [0.05, 0.1) is 0 Å². The monoisotopic (exact) mass is 244 g/mol. The van der Waals surface area contributed by atoms with Crippen LogP contribution in [0.15, 0.2) is 29.8 Å². The molecule has 1 aliphatic rings. The second kappa shape index (κ2) is 6.19. The molecule has 1 aromatic carbocycles. The van der Waals surface area contributed by atoms with E-state index in [1.54, 1.807) is 0 Å². The number of aliphatic hydroxyl groups is 1. The van der Waals surface area contributed by atoms with E-state index in [2.05, 4.69) is 38.1 Å². The molecule has 0 heterocycles. The lowest BCUT2D eigenvalue weighted by Crippen LogP contribution is -2.07. The van der Waals surface area contributed by atoms with Gasteiger partial charge in [0.2, 0.25) is 0 Å². The van der Waals surface area contributed by atoms with Crippen LogP contribution >= 0.6 is 0 Å². The Morgan fingerprint density at radius 1 is 1.00 bits per heavy atom. The Balaban J connectivity index is 2.26. The van der Waals surface area contributed by atoms with Crippen molar-refractivity contribution in [1.82, 2.24) is 0 Å². The standard InChI is InChI=1S/C17H24O/c1-13-9-8-10-14(2)16(13)17(18)15-11-6-4-3-5-7-12-15/h8-11,17-18H,3-7,12H2,1-2H3/b15-11+. The molecule has 2 rings (SSSR count). The number of hydrogen-bond donors (Lipinski definition) is 1. The third kappa shape index (κ3) is 3.02. The molecule has 1 unspecified atom stereocenters. The van der Waals surface area contributed by atoms with Crippen molar-refractivity contribution in [3.05, 3.63) is 46.5 Å². The molecule has 1 atom stereocenters. The summed E-state index contributed by atoms with van der Waals surface area (Å²) in [7, 11) is 0. The molecule has 0 saturated carbocycles. The molecule has 1 aromatic rings. The SMILES string of the molecule is Cc1cccc(C)c1C(O)/C1=C/CCCCCC1. The maximum atomic E-state index is 10.7. The molecule has 98 valence electrons. The van der Waals surface area contributed by atoms with Crippen molar-refractivity contribution in [2.75, 3.05) is 0 Å². The van der Waals surface area contributed by atoms with Gasteiger partial charge >= 0.3 is 0 Å². The fourth-order valence-electron chi connectivity index (χ4n) is 2.91. The molecule has 0 aromatic heterocycles. The van der Waals surface area contributed by atoms with E-state index in [1.807, 2.05) is 0 Å². The summed E-state index contributed by atoms with van der Waals surface area (Å²) >= 11 is 0. The van der Waals surface area contributed by atoms with Crippen molar-refractivity contribution in [3.63, 3.8) is 0 Å². The van der Waals surface area contributed by atoms with E-state index < -0.39 is 6.10 Å². The van der Waals surface area contributed by atoms with Crippen LogP contribution in [0.1, 0.15) is 61.3 Å². The topological polar surface area (TPSA) is 20.2 Å². The van der Waals surface area contributed by atoms with E-state index in [-0.39, 0.29) is 0 Å². The van der Waals surface area contributed by atoms with Crippen LogP contribution in [-0.2, 0) is 0 Å². The van der Waals surface area contributed by atoms with Crippen molar-refractivity contribution >= 4 is 0 Å². The summed E-state index contributed by atoms with van der Waals surface area (Å²) in [6, 6.07) is 6.25. The van der Waals surface area contributed by atoms with Gasteiger partial charge in [-0.25, -0.2) is 0 Å². The molecule has 0 bridgehead atoms. The first-order chi connectivity index (χ1) is 8.70. The van der Waals surface area contributed by atoms with E-state index in [1.165, 1.54) is 42.4 Å². The zero-order valence-corrected chi connectivity index (χ0v) is 11.6. The summed E-state index contributed by atoms with van der Waals surface area (Å²) < 4.78 is 0. The molecule has 0 fully saturated rings. The fraction of sp³-hybridized carbons (Fsp3) is 0.529. The van der Waals surface area contributed by atoms with Gasteiger partial charge in [-0.3, -0.25) is 0 Å². The molecule has 1 heteroatoms. The summed E-state index contributed by atoms with van der Waals surface area (Å²) in [6.45, 7) is 4.18. The zero-order valence-electron chi connectivity index (χ0n) is 11.6. The lowest BCUT2D eigenvalue weighted by atomic mass is 9.89. The molecule has 18 heavy (non-hydrogen) atoms. The fourth-order valence-corrected chi connectivity index (χ4v) is 2.91. The number of allylic oxidation sites excluding steroid dienone is 1. The number of hydrogen-bond acceptors (Lipinski definition) is 1. The third-order valence-corrected chi connectivity index (χ3v) is 3.99. The first kappa shape index (κ1) is 13.4. The zero-order chi connectivity index (χ0) is 13.0. The molecular weight excluding hydrogens is 220 g/mol. The molecule has 1 aliphatic carbocycles. The van der Waals surface area contributed by atoms with E-state index in [9.17, 15) is 5.11 Å². The van der Waals surface area contributed by atoms with E-state index in [0.29, 0.717) is 0 Å². The van der Waals surface area contributed by atoms with Gasteiger partial charge in [0, 0.05) is 0 Å². The smallest absolute Gasteiger partial charge is 0.101 e. The predicted octanol–water partition coefficient (Wildman–Crippen LogP) is 4.62. The average Bonchev–Trinajstić information content (AvgIpc) is 2.27. The summed E-state index contributed by atoms with van der Waals surface area (Å²) in [5.41, 5.74) is 4.74. The van der Waals surface area contributed by atoms with Gasteiger partial charge in [0.25, 0.3) is 0 Å². The van der Waals surface area contributed by atoms with Gasteiger partial charge in [-0.05, 0) is 61.8 Å². The number of aryl methyl sites for hydroxylation is 2. The Kier molecular flexibility index (Phi) is 4.60. The quantitative estimate of drug-likeness (QED) is 0.753. The maximum absolute atomic E-state index is 10.7. The van der Waals surface area contributed by atoms with Gasteiger partial charge < -0.3 is 5.11 Å². The first-order valence-electron chi connectivity index (χ1n) is 7.13. The van der Waals surface area contributed by atoms with Crippen molar-refractivity contribution in [3.8, 4) is 0 Å². The highest BCUT2D eigenvalue weighted by Crippen LogP contribution is 2.32. The van der Waals surface area contributed by atoms with E-state index in [4.69, 9.17) is 0 Å². The minimum Gasteiger partial charge on any atom is -0.384 e. The highest BCUT2D eigenvalue weighted by molar-refractivity contribution is 5.39. The number of benzene rings is 1. The van der Waals surface area contributed by atoms with E-state index in [0.717, 1.165) is 18.4 Å². The Morgan fingerprint density at radius 3 is 2.39 bits per heavy atom. The van der Waals surface area contributed by atoms with Crippen LogP contribution in [0.5, 0.6) is 0 Å². The summed E-state index contributed by atoms with van der Waals surface area (Å²) in [6.07, 6.45) is 9.17. The van der Waals surface area contributed by atoms with Crippen LogP contribution < -0.4 is 0 Å². The van der Waals surface area contributed by atoms with Gasteiger partial charge in [-0.1, -0.05) is 37.1 Å². The van der Waals surface area contributed by atoms with Crippen LogP contribution in [0.4, 0.5) is 0 Å². The van der Waals surface area contributed by atoms with Crippen LogP contribution in [0.3, 0.4) is 0 Å². The summed E-state index contributed by atoms with van der Waals surface area (Å²) in [5.74, 6) is 0. The maximum Gasteiger partial charge on any atom is 0.101 e. The molecule has 1 nitrogen and oxygen atoms in total. The van der Waals surface area contributed by atoms with Crippen LogP contribution in [0, 0.1) is 13.8 Å². The summed E-state index contributed by atoms with van der Waals surface area (Å²) in [4.78, 5) is 0. The highest BCUT2D eigenvalue weighted by Gasteiger charge is 2.17. The van der Waals surface area contributed by atoms with Crippen LogP contribution in [0.25, 0.3) is 0 Å². The third-order valence-electron chi connectivity index (χ3n) is 3.99. The predicted molar refractivity (Wildman–Crippen MR) is 76.7 cm³/mol. The number of rotatable bonds is 2. The van der Waals surface area contributed by atoms with Gasteiger partial charge in [0.15, 0.2) is 0 Å². The molecule has 0 spiro atoms. The number of aliphatic hydroxyl groups excluding tert-OH is 1. The molecular formula is C17H24O. The highest BCUT2D eigenvalue weighted by atomic mass is 16.3. The second-order valence-corrected chi connectivity index (χ2v) is 5.44. The molecule has 0 saturated heterocycles. The summed E-state index contributed by atoms with van der Waals surface area (Å²) in [5, 5.41) is 10.7. The van der Waals surface area contributed by atoms with Gasteiger partial charge in [-0.15, -0.1) is 0 Å². The Hall–Kier alpha value is -1.08. The van der Waals surface area contributed by atoms with Crippen molar-refractivity contribution in [1.29, 1.82) is 0 Å².